The average Bonchev–Trinajstić information content (AvgIpc) is 3.29. The van der Waals surface area contributed by atoms with Crippen molar-refractivity contribution >= 4 is 69.6 Å². The van der Waals surface area contributed by atoms with Crippen LogP contribution in [0.3, 0.4) is 0 Å². The molecule has 4 rings (SSSR count). The lowest BCUT2D eigenvalue weighted by molar-refractivity contribution is -0.142. The number of halogens is 4. The van der Waals surface area contributed by atoms with Gasteiger partial charge in [0.05, 0.1) is 22.2 Å². The lowest BCUT2D eigenvalue weighted by Crippen LogP contribution is -2.46. The molecule has 4 nitrogen and oxygen atoms in total. The zero-order valence-corrected chi connectivity index (χ0v) is 22.5. The molecule has 0 bridgehead atoms. The van der Waals surface area contributed by atoms with Crippen LogP contribution >= 0.6 is 57.7 Å². The van der Waals surface area contributed by atoms with Gasteiger partial charge in [-0.25, -0.2) is 4.79 Å². The van der Waals surface area contributed by atoms with Crippen LogP contribution in [0.1, 0.15) is 20.8 Å². The van der Waals surface area contributed by atoms with E-state index in [1.807, 2.05) is 48.5 Å². The molecule has 0 saturated heterocycles. The third kappa shape index (κ3) is 6.23. The highest BCUT2D eigenvalue weighted by Crippen LogP contribution is 2.36. The van der Waals surface area contributed by atoms with Crippen molar-refractivity contribution in [2.45, 2.75) is 19.0 Å². The minimum absolute atomic E-state index is 0.0669. The van der Waals surface area contributed by atoms with Crippen LogP contribution in [-0.4, -0.2) is 27.9 Å². The van der Waals surface area contributed by atoms with Crippen molar-refractivity contribution in [1.82, 2.24) is 4.90 Å². The Labute approximate surface area is 232 Å². The predicted molar refractivity (Wildman–Crippen MR) is 148 cm³/mol. The first-order valence-corrected chi connectivity index (χ1v) is 13.1. The third-order valence-electron chi connectivity index (χ3n) is 5.54. The van der Waals surface area contributed by atoms with Crippen LogP contribution in [0, 0.1) is 0 Å². The Hall–Kier alpha value is -2.54. The summed E-state index contributed by atoms with van der Waals surface area (Å²) in [5.74, 6) is -1.62. The summed E-state index contributed by atoms with van der Waals surface area (Å²) < 4.78 is 0. The number of thiophene rings is 1. The summed E-state index contributed by atoms with van der Waals surface area (Å²) in [6.45, 7) is 0.0669. The number of amides is 1. The van der Waals surface area contributed by atoms with Gasteiger partial charge in [0.15, 0.2) is 0 Å². The van der Waals surface area contributed by atoms with Crippen molar-refractivity contribution in [1.29, 1.82) is 0 Å². The SMILES string of the molecule is O=C(O)C(Cc1ccccc1)N(Cc1ccc(-c2ccc(Cl)cc2Cl)s1)C(=O)c1ccc(Cl)cc1Cl. The van der Waals surface area contributed by atoms with Gasteiger partial charge in [-0.3, -0.25) is 4.79 Å². The Bertz CT molecular complexity index is 1410. The minimum atomic E-state index is -1.13. The molecule has 1 unspecified atom stereocenters. The Kier molecular flexibility index (Phi) is 8.60. The van der Waals surface area contributed by atoms with Crippen molar-refractivity contribution in [3.05, 3.63) is 115 Å². The van der Waals surface area contributed by atoms with E-state index in [0.29, 0.717) is 15.1 Å². The molecule has 4 aromatic rings. The molecule has 1 atom stereocenters. The standard InChI is InChI=1S/C27H19Cl4NO3S/c28-17-6-9-20(22(30)13-17)25-11-8-19(36-25)15-32(26(33)21-10-7-18(29)14-23(21)31)24(27(34)35)12-16-4-2-1-3-5-16/h1-11,13-14,24H,12,15H2,(H,34,35). The number of rotatable bonds is 8. The summed E-state index contributed by atoms with van der Waals surface area (Å²) in [6.07, 6.45) is 0.133. The maximum absolute atomic E-state index is 13.7. The number of aliphatic carboxylic acids is 1. The topological polar surface area (TPSA) is 57.6 Å². The van der Waals surface area contributed by atoms with Crippen LogP contribution in [0.2, 0.25) is 20.1 Å². The zero-order valence-electron chi connectivity index (χ0n) is 18.6. The van der Waals surface area contributed by atoms with Gasteiger partial charge in [-0.05, 0) is 48.0 Å². The number of hydrogen-bond acceptors (Lipinski definition) is 3. The minimum Gasteiger partial charge on any atom is -0.480 e. The van der Waals surface area contributed by atoms with Gasteiger partial charge in [0.2, 0.25) is 0 Å². The maximum Gasteiger partial charge on any atom is 0.326 e. The molecule has 0 aliphatic heterocycles. The summed E-state index contributed by atoms with van der Waals surface area (Å²) in [4.78, 5) is 29.1. The summed E-state index contributed by atoms with van der Waals surface area (Å²) in [7, 11) is 0. The summed E-state index contributed by atoms with van der Waals surface area (Å²) in [5.41, 5.74) is 1.78. The lowest BCUT2D eigenvalue weighted by Gasteiger charge is -2.29. The second-order valence-electron chi connectivity index (χ2n) is 7.99. The molecular formula is C27H19Cl4NO3S. The highest BCUT2D eigenvalue weighted by Gasteiger charge is 2.32. The fraction of sp³-hybridized carbons (Fsp3) is 0.111. The largest absolute Gasteiger partial charge is 0.480 e. The van der Waals surface area contributed by atoms with Crippen LogP contribution in [0.15, 0.2) is 78.9 Å². The van der Waals surface area contributed by atoms with Gasteiger partial charge in [0.1, 0.15) is 6.04 Å². The molecule has 36 heavy (non-hydrogen) atoms. The Morgan fingerprint density at radius 1 is 0.833 bits per heavy atom. The first-order valence-electron chi connectivity index (χ1n) is 10.8. The molecule has 0 spiro atoms. The number of hydrogen-bond donors (Lipinski definition) is 1. The number of carboxylic acids is 1. The molecule has 1 N–H and O–H groups in total. The molecule has 0 aliphatic rings. The lowest BCUT2D eigenvalue weighted by atomic mass is 10.0. The van der Waals surface area contributed by atoms with E-state index in [-0.39, 0.29) is 23.6 Å². The second-order valence-corrected chi connectivity index (χ2v) is 10.8. The fourth-order valence-corrected chi connectivity index (χ4v) is 5.88. The molecule has 0 aliphatic carbocycles. The number of carbonyl (C=O) groups is 2. The average molecular weight is 579 g/mol. The van der Waals surface area contributed by atoms with E-state index in [4.69, 9.17) is 46.4 Å². The van der Waals surface area contributed by atoms with Gasteiger partial charge in [0, 0.05) is 31.8 Å². The fourth-order valence-electron chi connectivity index (χ4n) is 3.77. The van der Waals surface area contributed by atoms with E-state index in [9.17, 15) is 14.7 Å². The van der Waals surface area contributed by atoms with Crippen molar-refractivity contribution in [3.8, 4) is 10.4 Å². The second kappa shape index (κ2) is 11.7. The summed E-state index contributed by atoms with van der Waals surface area (Å²) in [6, 6.07) is 21.6. The normalized spacial score (nSPS) is 11.8. The van der Waals surface area contributed by atoms with Crippen molar-refractivity contribution in [2.75, 3.05) is 0 Å². The summed E-state index contributed by atoms with van der Waals surface area (Å²) in [5, 5.41) is 11.7. The van der Waals surface area contributed by atoms with Crippen molar-refractivity contribution < 1.29 is 14.7 Å². The third-order valence-corrected chi connectivity index (χ3v) is 7.74. The number of carbonyl (C=O) groups excluding carboxylic acids is 1. The van der Waals surface area contributed by atoms with Crippen LogP contribution in [0.5, 0.6) is 0 Å². The predicted octanol–water partition coefficient (Wildman–Crippen LogP) is 8.37. The molecule has 1 aromatic heterocycles. The van der Waals surface area contributed by atoms with E-state index in [0.717, 1.165) is 20.9 Å². The van der Waals surface area contributed by atoms with Crippen molar-refractivity contribution in [2.24, 2.45) is 0 Å². The monoisotopic (exact) mass is 577 g/mol. The van der Waals surface area contributed by atoms with Crippen LogP contribution in [-0.2, 0) is 17.8 Å². The van der Waals surface area contributed by atoms with Crippen LogP contribution in [0.4, 0.5) is 0 Å². The zero-order chi connectivity index (χ0) is 25.8. The smallest absolute Gasteiger partial charge is 0.326 e. The highest BCUT2D eigenvalue weighted by molar-refractivity contribution is 7.15. The molecule has 184 valence electrons. The van der Waals surface area contributed by atoms with E-state index >= 15 is 0 Å². The molecule has 9 heteroatoms. The first-order chi connectivity index (χ1) is 17.2. The van der Waals surface area contributed by atoms with E-state index in [1.165, 1.54) is 28.4 Å². The quantitative estimate of drug-likeness (QED) is 0.228. The van der Waals surface area contributed by atoms with E-state index < -0.39 is 17.9 Å². The maximum atomic E-state index is 13.7. The molecular weight excluding hydrogens is 560 g/mol. The number of nitrogens with zero attached hydrogens (tertiary/aromatic N) is 1. The molecule has 1 amide bonds. The molecule has 0 fully saturated rings. The number of benzene rings is 3. The van der Waals surface area contributed by atoms with Gasteiger partial charge in [-0.15, -0.1) is 11.3 Å². The van der Waals surface area contributed by atoms with Gasteiger partial charge < -0.3 is 10.0 Å². The summed E-state index contributed by atoms with van der Waals surface area (Å²) >= 11 is 26.2. The molecule has 1 heterocycles. The van der Waals surface area contributed by atoms with Crippen LogP contribution < -0.4 is 0 Å². The van der Waals surface area contributed by atoms with Gasteiger partial charge in [0.25, 0.3) is 5.91 Å². The molecule has 0 radical (unpaired) electrons. The van der Waals surface area contributed by atoms with Gasteiger partial charge >= 0.3 is 5.97 Å². The molecule has 3 aromatic carbocycles. The van der Waals surface area contributed by atoms with E-state index in [1.54, 1.807) is 18.2 Å². The Balaban J connectivity index is 1.71. The van der Waals surface area contributed by atoms with Gasteiger partial charge in [-0.2, -0.15) is 0 Å². The number of carboxylic acid groups (broad SMARTS) is 1. The van der Waals surface area contributed by atoms with Gasteiger partial charge in [-0.1, -0.05) is 82.8 Å². The van der Waals surface area contributed by atoms with E-state index in [2.05, 4.69) is 0 Å². The van der Waals surface area contributed by atoms with Crippen LogP contribution in [0.25, 0.3) is 10.4 Å². The Morgan fingerprint density at radius 2 is 1.50 bits per heavy atom. The molecule has 0 saturated carbocycles. The first kappa shape index (κ1) is 26.5. The Morgan fingerprint density at radius 3 is 2.14 bits per heavy atom. The van der Waals surface area contributed by atoms with Crippen molar-refractivity contribution in [3.63, 3.8) is 0 Å². The highest BCUT2D eigenvalue weighted by atomic mass is 35.5.